The van der Waals surface area contributed by atoms with Gasteiger partial charge in [-0.1, -0.05) is 36.4 Å². The molecule has 0 aromatic heterocycles. The van der Waals surface area contributed by atoms with Crippen LogP contribution in [0.4, 0.5) is 0 Å². The Hall–Kier alpha value is -2.37. The second-order valence-electron chi connectivity index (χ2n) is 7.05. The topological polar surface area (TPSA) is 50.8 Å². The number of ether oxygens (including phenoxy) is 2. The lowest BCUT2D eigenvalue weighted by Crippen LogP contribution is -2.35. The Morgan fingerprint density at radius 1 is 1.07 bits per heavy atom. The molecule has 3 rings (SSSR count). The fourth-order valence-corrected chi connectivity index (χ4v) is 3.07. The number of carbonyl (C=O) groups excluding carboxylic acids is 1. The van der Waals surface area contributed by atoms with Crippen molar-refractivity contribution in [3.05, 3.63) is 65.2 Å². The minimum absolute atomic E-state index is 0.0259. The zero-order chi connectivity index (χ0) is 19.1. The van der Waals surface area contributed by atoms with E-state index in [1.807, 2.05) is 32.0 Å². The van der Waals surface area contributed by atoms with E-state index in [2.05, 4.69) is 34.5 Å². The van der Waals surface area contributed by atoms with E-state index in [0.29, 0.717) is 17.9 Å². The van der Waals surface area contributed by atoms with Crippen molar-refractivity contribution >= 4 is 5.91 Å². The quantitative estimate of drug-likeness (QED) is 0.815. The highest BCUT2D eigenvalue weighted by molar-refractivity contribution is 5.96. The molecule has 5 heteroatoms. The van der Waals surface area contributed by atoms with Gasteiger partial charge in [-0.05, 0) is 37.1 Å². The van der Waals surface area contributed by atoms with E-state index in [1.54, 1.807) is 6.07 Å². The van der Waals surface area contributed by atoms with Gasteiger partial charge >= 0.3 is 0 Å². The highest BCUT2D eigenvalue weighted by atomic mass is 16.5. The largest absolute Gasteiger partial charge is 0.490 e. The summed E-state index contributed by atoms with van der Waals surface area (Å²) >= 11 is 0. The van der Waals surface area contributed by atoms with Gasteiger partial charge in [0.15, 0.2) is 0 Å². The van der Waals surface area contributed by atoms with Crippen molar-refractivity contribution in [1.82, 2.24) is 10.2 Å². The van der Waals surface area contributed by atoms with E-state index in [-0.39, 0.29) is 12.0 Å². The lowest BCUT2D eigenvalue weighted by molar-refractivity contribution is 0.0342. The second kappa shape index (κ2) is 9.53. The van der Waals surface area contributed by atoms with Crippen molar-refractivity contribution in [3.8, 4) is 5.75 Å². The maximum absolute atomic E-state index is 12.5. The van der Waals surface area contributed by atoms with Gasteiger partial charge < -0.3 is 14.8 Å². The first-order chi connectivity index (χ1) is 13.1. The number of nitrogens with zero attached hydrogens (tertiary/aromatic N) is 1. The van der Waals surface area contributed by atoms with E-state index in [1.165, 1.54) is 5.56 Å². The number of benzene rings is 2. The van der Waals surface area contributed by atoms with Gasteiger partial charge in [0.1, 0.15) is 5.75 Å². The van der Waals surface area contributed by atoms with Crippen LogP contribution >= 0.6 is 0 Å². The zero-order valence-electron chi connectivity index (χ0n) is 16.1. The van der Waals surface area contributed by atoms with Crippen molar-refractivity contribution in [1.29, 1.82) is 0 Å². The molecule has 0 unspecified atom stereocenters. The Labute approximate surface area is 161 Å². The molecule has 1 heterocycles. The van der Waals surface area contributed by atoms with Gasteiger partial charge in [-0.2, -0.15) is 0 Å². The van der Waals surface area contributed by atoms with Gasteiger partial charge in [-0.15, -0.1) is 0 Å². The Bertz CT molecular complexity index is 737. The first-order valence-corrected chi connectivity index (χ1v) is 9.53. The van der Waals surface area contributed by atoms with E-state index >= 15 is 0 Å². The standard InChI is InChI=1S/C22H28N2O3/c1-17(2)27-21-6-4-3-5-20(21)22(25)23-15-18-7-9-19(10-8-18)16-24-11-13-26-14-12-24/h3-10,17H,11-16H2,1-2H3,(H,23,25). The van der Waals surface area contributed by atoms with Crippen molar-refractivity contribution in [2.45, 2.75) is 33.0 Å². The number of carbonyl (C=O) groups is 1. The van der Waals surface area contributed by atoms with Crippen molar-refractivity contribution < 1.29 is 14.3 Å². The third kappa shape index (κ3) is 5.81. The molecular formula is C22H28N2O3. The van der Waals surface area contributed by atoms with Crippen LogP contribution in [0.15, 0.2) is 48.5 Å². The molecule has 0 radical (unpaired) electrons. The number of hydrogen-bond acceptors (Lipinski definition) is 4. The molecule has 1 amide bonds. The van der Waals surface area contributed by atoms with Crippen LogP contribution in [0.25, 0.3) is 0 Å². The smallest absolute Gasteiger partial charge is 0.255 e. The number of morpholine rings is 1. The molecule has 1 saturated heterocycles. The summed E-state index contributed by atoms with van der Waals surface area (Å²) in [5.41, 5.74) is 2.93. The van der Waals surface area contributed by atoms with Crippen LogP contribution in [0, 0.1) is 0 Å². The fraction of sp³-hybridized carbons (Fsp3) is 0.409. The molecule has 5 nitrogen and oxygen atoms in total. The third-order valence-corrected chi connectivity index (χ3v) is 4.48. The first-order valence-electron chi connectivity index (χ1n) is 9.53. The number of amides is 1. The molecular weight excluding hydrogens is 340 g/mol. The minimum Gasteiger partial charge on any atom is -0.490 e. The fourth-order valence-electron chi connectivity index (χ4n) is 3.07. The van der Waals surface area contributed by atoms with Crippen LogP contribution in [0.1, 0.15) is 35.3 Å². The predicted molar refractivity (Wildman–Crippen MR) is 106 cm³/mol. The van der Waals surface area contributed by atoms with Crippen LogP contribution in [-0.2, 0) is 17.8 Å². The molecule has 144 valence electrons. The number of rotatable bonds is 7. The van der Waals surface area contributed by atoms with Gasteiger partial charge in [0.25, 0.3) is 5.91 Å². The van der Waals surface area contributed by atoms with Crippen LogP contribution in [-0.4, -0.2) is 43.2 Å². The van der Waals surface area contributed by atoms with Crippen LogP contribution in [0.3, 0.4) is 0 Å². The summed E-state index contributed by atoms with van der Waals surface area (Å²) in [4.78, 5) is 14.9. The van der Waals surface area contributed by atoms with E-state index in [4.69, 9.17) is 9.47 Å². The normalized spacial score (nSPS) is 14.9. The van der Waals surface area contributed by atoms with Crippen LogP contribution in [0.5, 0.6) is 5.75 Å². The van der Waals surface area contributed by atoms with Crippen LogP contribution in [0.2, 0.25) is 0 Å². The monoisotopic (exact) mass is 368 g/mol. The average Bonchev–Trinajstić information content (AvgIpc) is 2.68. The van der Waals surface area contributed by atoms with E-state index < -0.39 is 0 Å². The van der Waals surface area contributed by atoms with Gasteiger partial charge in [0.05, 0.1) is 24.9 Å². The molecule has 2 aromatic carbocycles. The summed E-state index contributed by atoms with van der Waals surface area (Å²) in [6.07, 6.45) is 0.0259. The molecule has 2 aromatic rings. The summed E-state index contributed by atoms with van der Waals surface area (Å²) in [6, 6.07) is 15.8. The highest BCUT2D eigenvalue weighted by Crippen LogP contribution is 2.19. The van der Waals surface area contributed by atoms with Gasteiger partial charge in [-0.3, -0.25) is 9.69 Å². The Kier molecular flexibility index (Phi) is 6.85. The van der Waals surface area contributed by atoms with Crippen molar-refractivity contribution in [2.75, 3.05) is 26.3 Å². The Balaban J connectivity index is 1.54. The molecule has 27 heavy (non-hydrogen) atoms. The lowest BCUT2D eigenvalue weighted by Gasteiger charge is -2.26. The SMILES string of the molecule is CC(C)Oc1ccccc1C(=O)NCc1ccc(CN2CCOCC2)cc1. The molecule has 0 atom stereocenters. The predicted octanol–water partition coefficient (Wildman–Crippen LogP) is 3.24. The molecule has 1 aliphatic rings. The third-order valence-electron chi connectivity index (χ3n) is 4.48. The zero-order valence-corrected chi connectivity index (χ0v) is 16.1. The summed E-state index contributed by atoms with van der Waals surface area (Å²) in [6.45, 7) is 8.92. The Morgan fingerprint density at radius 2 is 1.74 bits per heavy atom. The Morgan fingerprint density at radius 3 is 2.44 bits per heavy atom. The van der Waals surface area contributed by atoms with E-state index in [9.17, 15) is 4.79 Å². The maximum atomic E-state index is 12.5. The molecule has 0 saturated carbocycles. The number of hydrogen-bond donors (Lipinski definition) is 1. The second-order valence-corrected chi connectivity index (χ2v) is 7.05. The van der Waals surface area contributed by atoms with E-state index in [0.717, 1.165) is 38.4 Å². The molecule has 0 spiro atoms. The summed E-state index contributed by atoms with van der Waals surface area (Å²) in [5.74, 6) is 0.495. The maximum Gasteiger partial charge on any atom is 0.255 e. The van der Waals surface area contributed by atoms with Crippen molar-refractivity contribution in [2.24, 2.45) is 0 Å². The number of para-hydroxylation sites is 1. The molecule has 1 N–H and O–H groups in total. The first kappa shape index (κ1) is 19.4. The lowest BCUT2D eigenvalue weighted by atomic mass is 10.1. The summed E-state index contributed by atoms with van der Waals surface area (Å²) in [5, 5.41) is 2.98. The molecule has 0 aliphatic carbocycles. The number of nitrogens with one attached hydrogen (secondary N) is 1. The van der Waals surface area contributed by atoms with Gasteiger partial charge in [0, 0.05) is 26.2 Å². The molecule has 0 bridgehead atoms. The summed E-state index contributed by atoms with van der Waals surface area (Å²) < 4.78 is 11.1. The molecule has 1 fully saturated rings. The van der Waals surface area contributed by atoms with Crippen molar-refractivity contribution in [3.63, 3.8) is 0 Å². The minimum atomic E-state index is -0.122. The molecule has 1 aliphatic heterocycles. The highest BCUT2D eigenvalue weighted by Gasteiger charge is 2.13. The van der Waals surface area contributed by atoms with Gasteiger partial charge in [-0.25, -0.2) is 0 Å². The van der Waals surface area contributed by atoms with Gasteiger partial charge in [0.2, 0.25) is 0 Å². The van der Waals surface area contributed by atoms with Crippen LogP contribution < -0.4 is 10.1 Å². The average molecular weight is 368 g/mol. The summed E-state index contributed by atoms with van der Waals surface area (Å²) in [7, 11) is 0.